The smallest absolute Gasteiger partial charge is 0.386 e. The van der Waals surface area contributed by atoms with Crippen LogP contribution < -0.4 is 34.1 Å². The number of nitrogens with one attached hydrogen (secondary N) is 2. The Labute approximate surface area is 571 Å². The van der Waals surface area contributed by atoms with Crippen molar-refractivity contribution in [3.8, 4) is 0 Å². The van der Waals surface area contributed by atoms with Gasteiger partial charge in [-0.2, -0.15) is 9.97 Å². The molecule has 40 nitrogen and oxygen atoms in total. The average molecular weight is 1550 g/mol. The first-order chi connectivity index (χ1) is 45.6. The van der Waals surface area contributed by atoms with Crippen LogP contribution in [0.4, 0.5) is 32.3 Å². The second kappa shape index (κ2) is 27.0. The third-order valence-electron chi connectivity index (χ3n) is 16.8. The van der Waals surface area contributed by atoms with E-state index >= 15 is 8.78 Å². The minimum Gasteiger partial charge on any atom is -0.408 e. The fourth-order valence-corrected chi connectivity index (χ4v) is 18.2. The molecule has 6 fully saturated rings. The molecule has 8 aromatic heterocycles. The van der Waals surface area contributed by atoms with Crippen molar-refractivity contribution in [2.24, 2.45) is 0 Å². The van der Waals surface area contributed by atoms with Crippen LogP contribution >= 0.6 is 39.2 Å². The lowest BCUT2D eigenvalue weighted by atomic mass is 10.1. The summed E-state index contributed by atoms with van der Waals surface area (Å²) in [6.45, 7) is -9.49. The summed E-state index contributed by atoms with van der Waals surface area (Å²) < 4.78 is 128. The van der Waals surface area contributed by atoms with Crippen molar-refractivity contribution < 1.29 is 92.7 Å². The van der Waals surface area contributed by atoms with Gasteiger partial charge in [0, 0.05) is 0 Å². The molecule has 4 bridgehead atoms. The molecule has 0 spiro atoms. The maximum absolute atomic E-state index is 16.3. The van der Waals surface area contributed by atoms with Gasteiger partial charge in [-0.3, -0.25) is 60.4 Å². The van der Waals surface area contributed by atoms with Gasteiger partial charge in [0.25, 0.3) is 11.1 Å². The summed E-state index contributed by atoms with van der Waals surface area (Å²) in [6.07, 6.45) is -15.7. The second-order valence-corrected chi connectivity index (χ2v) is 40.0. The Morgan fingerprint density at radius 3 is 1.42 bits per heavy atom. The standard InChI is InChI=1S/C26H37FN10O10P2S2Si.C20H23FN10O10P2S2.CH4/c1-26(2,3)52(4,5)47-17-12-7-42-48(39,50)45-16-11(43-23(13(16)27)36-9-32-14-19(28)30-8-31-20(14)36)6-41-49(40,51)46-18(17)24(44-12)37-10-33-15-21(37)34-25(29)35-22(15)38;21-8-12-7(39-18(8)30-4-26-9-14(22)24-3-25-15(9)30)2-37-43(35,45)41-13-11(32)6(1-36-42(34,44)40-12)38-19(13)31-5-27-10-16(31)28-20(23)29-17(10)33;/h8-13,16-18,23-24H,6-7H2,1-5H3,(H,39,50)(H,40,51)(H2,28,30,31)(H3,29,34,35,38);3-8,11-13,18-19,32H,1-2H2,(H,34,44)(H,35,45)(H2,22,24,25)(H3,23,28,29,33);1H4/t11-,12-,13?,16+,17+,18?,23-,24-,48?,49?;6-,7-,8?,11+,12+,13?,18-,19-,42?,43?;/m11./s1. The summed E-state index contributed by atoms with van der Waals surface area (Å²) in [5.41, 5.74) is 22.6. The van der Waals surface area contributed by atoms with E-state index in [0.29, 0.717) is 0 Å². The van der Waals surface area contributed by atoms with Gasteiger partial charge in [-0.25, -0.2) is 53.2 Å². The molecule has 0 amide bonds. The van der Waals surface area contributed by atoms with Crippen molar-refractivity contribution in [1.82, 2.24) is 78.1 Å². The lowest BCUT2D eigenvalue weighted by Gasteiger charge is -2.40. The Kier molecular flexibility index (Phi) is 20.0. The van der Waals surface area contributed by atoms with Gasteiger partial charge in [0.2, 0.25) is 11.9 Å². The van der Waals surface area contributed by atoms with Gasteiger partial charge in [0.05, 0.1) is 51.7 Å². The van der Waals surface area contributed by atoms with Crippen molar-refractivity contribution in [2.45, 2.75) is 145 Å². The number of H-pyrrole nitrogens is 2. The van der Waals surface area contributed by atoms with Crippen LogP contribution in [0.15, 0.2) is 47.6 Å². The van der Waals surface area contributed by atoms with Crippen LogP contribution in [0.5, 0.6) is 0 Å². The largest absolute Gasteiger partial charge is 0.408 e. The number of thiol groups is 1. The number of aliphatic hydroxyl groups is 1. The van der Waals surface area contributed by atoms with E-state index in [-0.39, 0.29) is 80.7 Å². The third-order valence-corrected chi connectivity index (χ3v) is 27.5. The van der Waals surface area contributed by atoms with Gasteiger partial charge in [-0.1, -0.05) is 40.4 Å². The molecule has 98 heavy (non-hydrogen) atoms. The van der Waals surface area contributed by atoms with Crippen molar-refractivity contribution in [3.05, 3.63) is 58.7 Å². The van der Waals surface area contributed by atoms with Crippen LogP contribution in [0.1, 0.15) is 53.1 Å². The SMILES string of the molecule is C.CC(C)(C)[Si](C)(C)O[C@@H]1C2OP(O)(=S)OC[C@H]3O[C@@H](n4cnc5c(N)ncnc54)C(F)[C@H]3OP(=O)(S)OC[C@H]1O[C@H]2n1cnc2c(=O)[nH]c(N)nc21.Nc1nc2c(ncn2[C@@H]2O[C@@H]3COP(O)(=S)O[C@@H]4C(F)[C@H](n5cnc6c(N)ncnc65)O[C@@H]4COP(O)(=S)OC2[C@H]3O)c(=O)[nH]1. The van der Waals surface area contributed by atoms with Gasteiger partial charge in [-0.15, -0.1) is 0 Å². The van der Waals surface area contributed by atoms with E-state index in [1.807, 2.05) is 33.9 Å². The predicted octanol–water partition coefficient (Wildman–Crippen LogP) is 2.22. The number of nitrogen functional groups attached to an aromatic ring is 4. The van der Waals surface area contributed by atoms with Gasteiger partial charge in [0.1, 0.15) is 84.7 Å². The predicted molar refractivity (Wildman–Crippen MR) is 354 cm³/mol. The molecule has 534 valence electrons. The molecule has 14 rings (SSSR count). The lowest BCUT2D eigenvalue weighted by molar-refractivity contribution is -0.0602. The number of ether oxygens (including phenoxy) is 4. The number of fused-ring (bicyclic) bond motifs is 10. The normalized spacial score (nSPS) is 35.8. The number of anilines is 4. The molecule has 0 aromatic carbocycles. The van der Waals surface area contributed by atoms with E-state index < -0.39 is 171 Å². The van der Waals surface area contributed by atoms with Gasteiger partial charge < -0.3 is 79.7 Å². The summed E-state index contributed by atoms with van der Waals surface area (Å²) >= 11 is 20.1. The number of nitrogens with two attached hydrogens (primary N) is 4. The number of hydrogen-bond acceptors (Lipinski definition) is 34. The highest BCUT2D eigenvalue weighted by Gasteiger charge is 2.58. The van der Waals surface area contributed by atoms with E-state index in [0.717, 1.165) is 0 Å². The van der Waals surface area contributed by atoms with Crippen LogP contribution in [0.25, 0.3) is 44.7 Å². The summed E-state index contributed by atoms with van der Waals surface area (Å²) in [5.74, 6) is -0.300. The highest BCUT2D eigenvalue weighted by Crippen LogP contribution is 2.60. The quantitative estimate of drug-likeness (QED) is 0.0646. The summed E-state index contributed by atoms with van der Waals surface area (Å²) in [7, 11) is -2.68. The molecule has 8 unspecified atom stereocenters. The average Bonchev–Trinajstić information content (AvgIpc) is 1.61. The molecule has 0 aliphatic carbocycles. The summed E-state index contributed by atoms with van der Waals surface area (Å²) in [5, 5.41) is 10.8. The Morgan fingerprint density at radius 1 is 0.571 bits per heavy atom. The van der Waals surface area contributed by atoms with Crippen LogP contribution in [0.3, 0.4) is 0 Å². The topological polar surface area (TPSA) is 536 Å². The molecule has 0 radical (unpaired) electrons. The number of hydrogen-bond donors (Lipinski definition) is 11. The molecule has 0 saturated carbocycles. The number of imidazole rings is 4. The molecule has 6 saturated heterocycles. The van der Waals surface area contributed by atoms with Crippen molar-refractivity contribution in [2.75, 3.05) is 49.4 Å². The third kappa shape index (κ3) is 14.0. The molecule has 14 heterocycles. The Hall–Kier alpha value is -5.07. The zero-order chi connectivity index (χ0) is 69.4. The fourth-order valence-electron chi connectivity index (χ4n) is 11.2. The molecular weight excluding hydrogens is 1480 g/mol. The van der Waals surface area contributed by atoms with Crippen LogP contribution in [0, 0.1) is 0 Å². The summed E-state index contributed by atoms with van der Waals surface area (Å²) in [6, 6.07) is 0. The van der Waals surface area contributed by atoms with Crippen molar-refractivity contribution in [1.29, 1.82) is 0 Å². The maximum Gasteiger partial charge on any atom is 0.386 e. The highest BCUT2D eigenvalue weighted by molar-refractivity contribution is 8.44. The Balaban J connectivity index is 0.000000186. The first-order valence-corrected chi connectivity index (χ1v) is 42.1. The van der Waals surface area contributed by atoms with Gasteiger partial charge >= 0.3 is 27.0 Å². The minimum absolute atomic E-state index is 0. The Bertz CT molecular complexity index is 4700. The number of rotatable bonds is 6. The van der Waals surface area contributed by atoms with E-state index in [1.165, 1.54) is 56.2 Å². The van der Waals surface area contributed by atoms with E-state index in [4.69, 9.17) is 118 Å². The fraction of sp³-hybridized carbons (Fsp3) is 0.574. The molecule has 6 aliphatic rings. The Morgan fingerprint density at radius 2 is 0.949 bits per heavy atom. The lowest BCUT2D eigenvalue weighted by Crippen LogP contribution is -2.50. The monoisotopic (exact) mass is 1550 g/mol. The second-order valence-electron chi connectivity index (χ2n) is 24.0. The van der Waals surface area contributed by atoms with Crippen LogP contribution in [0.2, 0.25) is 18.1 Å². The van der Waals surface area contributed by atoms with Crippen LogP contribution in [-0.2, 0) is 99.5 Å². The molecule has 8 aromatic rings. The molecule has 6 aliphatic heterocycles. The number of halogens is 2. The maximum atomic E-state index is 16.3. The minimum atomic E-state index is -4.42. The molecular formula is C47H64F2N20O20P4S4Si. The van der Waals surface area contributed by atoms with Crippen molar-refractivity contribution >= 4 is 151 Å². The highest BCUT2D eigenvalue weighted by atomic mass is 32.7. The first kappa shape index (κ1) is 72.7. The number of alkyl halides is 2. The summed E-state index contributed by atoms with van der Waals surface area (Å²) in [4.78, 5) is 104. The molecule has 51 heteroatoms. The van der Waals surface area contributed by atoms with E-state index in [9.17, 15) is 33.9 Å². The number of aliphatic hydroxyl groups excluding tert-OH is 1. The van der Waals surface area contributed by atoms with Crippen molar-refractivity contribution in [3.63, 3.8) is 0 Å². The number of nitrogens with zero attached hydrogens (tertiary/aromatic N) is 14. The van der Waals surface area contributed by atoms with Crippen LogP contribution in [-0.4, -0.2) is 206 Å². The van der Waals surface area contributed by atoms with E-state index in [1.54, 1.807) is 0 Å². The number of aromatic amines is 2. The molecule has 14 N–H and O–H groups in total. The number of aromatic nitrogens is 16. The zero-order valence-corrected chi connectivity index (χ0v) is 58.6. The van der Waals surface area contributed by atoms with Gasteiger partial charge in [-0.05, 0) is 53.6 Å². The first-order valence-electron chi connectivity index (χ1n) is 28.8. The molecule has 20 atom stereocenters. The van der Waals surface area contributed by atoms with Gasteiger partial charge in [0.15, 0.2) is 90.8 Å². The zero-order valence-electron chi connectivity index (χ0n) is 50.6. The van der Waals surface area contributed by atoms with E-state index in [2.05, 4.69) is 72.1 Å².